The van der Waals surface area contributed by atoms with Gasteiger partial charge >= 0.3 is 5.97 Å². The molecule has 1 fully saturated rings. The van der Waals surface area contributed by atoms with Crippen LogP contribution in [0.15, 0.2) is 54.6 Å². The number of para-hydroxylation sites is 1. The number of carbonyl (C=O) groups excluding carboxylic acids is 2. The van der Waals surface area contributed by atoms with Gasteiger partial charge in [0.15, 0.2) is 5.78 Å². The summed E-state index contributed by atoms with van der Waals surface area (Å²) in [5.41, 5.74) is 0.384. The second-order valence-electron chi connectivity index (χ2n) is 6.97. The van der Waals surface area contributed by atoms with Crippen LogP contribution in [-0.4, -0.2) is 42.5 Å². The van der Waals surface area contributed by atoms with Crippen molar-refractivity contribution in [2.24, 2.45) is 11.8 Å². The molecule has 0 aliphatic heterocycles. The van der Waals surface area contributed by atoms with Crippen LogP contribution in [-0.2, 0) is 14.3 Å². The first kappa shape index (κ1) is 20.5. The van der Waals surface area contributed by atoms with Crippen molar-refractivity contribution in [1.82, 2.24) is 5.32 Å². The van der Waals surface area contributed by atoms with Crippen molar-refractivity contribution in [2.45, 2.75) is 18.9 Å². The van der Waals surface area contributed by atoms with Crippen molar-refractivity contribution in [3.8, 4) is 11.5 Å². The van der Waals surface area contributed by atoms with E-state index in [0.717, 1.165) is 0 Å². The zero-order valence-electron chi connectivity index (χ0n) is 16.0. The van der Waals surface area contributed by atoms with Crippen molar-refractivity contribution in [3.05, 3.63) is 60.2 Å². The minimum atomic E-state index is -1.01. The molecule has 0 heterocycles. The number of aliphatic carboxylic acids is 1. The largest absolute Gasteiger partial charge is 0.481 e. The van der Waals surface area contributed by atoms with Crippen LogP contribution >= 0.6 is 0 Å². The van der Waals surface area contributed by atoms with Gasteiger partial charge < -0.3 is 19.9 Å². The fraction of sp³-hybridized carbons (Fsp3) is 0.318. The standard InChI is InChI=1S/C22H23NO6/c1-28-17-11-18(19(12-17)22(26)27)20(24)13-23-21(25)14-7-9-16(10-8-14)29-15-5-3-2-4-6-15/h2-10,17-19H,11-13H2,1H3,(H,23,25)(H,26,27)/t17-,18+,19+/m0/s1. The van der Waals surface area contributed by atoms with Gasteiger partial charge in [0.2, 0.25) is 0 Å². The average Bonchev–Trinajstić information content (AvgIpc) is 3.18. The van der Waals surface area contributed by atoms with Crippen LogP contribution in [0.25, 0.3) is 0 Å². The number of methoxy groups -OCH3 is 1. The van der Waals surface area contributed by atoms with Gasteiger partial charge in [-0.25, -0.2) is 0 Å². The number of carbonyl (C=O) groups is 3. The molecule has 29 heavy (non-hydrogen) atoms. The summed E-state index contributed by atoms with van der Waals surface area (Å²) in [6.07, 6.45) is 0.408. The summed E-state index contributed by atoms with van der Waals surface area (Å²) in [6.45, 7) is -0.216. The van der Waals surface area contributed by atoms with Crippen LogP contribution in [0.1, 0.15) is 23.2 Å². The lowest BCUT2D eigenvalue weighted by atomic mass is 9.92. The number of amides is 1. The smallest absolute Gasteiger partial charge is 0.307 e. The number of rotatable bonds is 8. The lowest BCUT2D eigenvalue weighted by Crippen LogP contribution is -2.35. The van der Waals surface area contributed by atoms with Crippen molar-refractivity contribution in [2.75, 3.05) is 13.7 Å². The van der Waals surface area contributed by atoms with E-state index in [9.17, 15) is 19.5 Å². The van der Waals surface area contributed by atoms with Gasteiger partial charge in [-0.3, -0.25) is 14.4 Å². The van der Waals surface area contributed by atoms with Crippen molar-refractivity contribution in [3.63, 3.8) is 0 Å². The number of hydrogen-bond acceptors (Lipinski definition) is 5. The Balaban J connectivity index is 1.55. The Labute approximate surface area is 168 Å². The van der Waals surface area contributed by atoms with Crippen LogP contribution in [0.2, 0.25) is 0 Å². The van der Waals surface area contributed by atoms with Crippen molar-refractivity contribution < 1.29 is 29.0 Å². The summed E-state index contributed by atoms with van der Waals surface area (Å²) in [7, 11) is 1.50. The second kappa shape index (κ2) is 9.34. The van der Waals surface area contributed by atoms with E-state index in [2.05, 4.69) is 5.32 Å². The molecule has 3 rings (SSSR count). The van der Waals surface area contributed by atoms with Crippen LogP contribution in [0.3, 0.4) is 0 Å². The molecule has 0 spiro atoms. The highest BCUT2D eigenvalue weighted by Gasteiger charge is 2.42. The minimum absolute atomic E-state index is 0.216. The first-order valence-electron chi connectivity index (χ1n) is 9.37. The Morgan fingerprint density at radius 1 is 0.966 bits per heavy atom. The van der Waals surface area contributed by atoms with Gasteiger partial charge in [-0.2, -0.15) is 0 Å². The molecule has 0 bridgehead atoms. The Kier molecular flexibility index (Phi) is 6.61. The van der Waals surface area contributed by atoms with Gasteiger partial charge in [0.25, 0.3) is 5.91 Å². The topological polar surface area (TPSA) is 102 Å². The van der Waals surface area contributed by atoms with Crippen molar-refractivity contribution >= 4 is 17.7 Å². The zero-order chi connectivity index (χ0) is 20.8. The Hall–Kier alpha value is -3.19. The van der Waals surface area contributed by atoms with E-state index in [1.165, 1.54) is 7.11 Å². The second-order valence-corrected chi connectivity index (χ2v) is 6.97. The molecule has 1 aliphatic rings. The minimum Gasteiger partial charge on any atom is -0.481 e. The van der Waals surface area contributed by atoms with Gasteiger partial charge in [-0.05, 0) is 49.2 Å². The van der Waals surface area contributed by atoms with E-state index in [0.29, 0.717) is 29.9 Å². The number of ether oxygens (including phenoxy) is 2. The summed E-state index contributed by atoms with van der Waals surface area (Å²) in [5, 5.41) is 11.9. The highest BCUT2D eigenvalue weighted by Crippen LogP contribution is 2.34. The van der Waals surface area contributed by atoms with E-state index >= 15 is 0 Å². The first-order chi connectivity index (χ1) is 14.0. The van der Waals surface area contributed by atoms with E-state index in [-0.39, 0.29) is 18.4 Å². The SMILES string of the molecule is CO[C@@H]1C[C@@H](C(=O)O)[C@H](C(=O)CNC(=O)c2ccc(Oc3ccccc3)cc2)C1. The molecule has 7 heteroatoms. The van der Waals surface area contributed by atoms with Gasteiger partial charge in [0.1, 0.15) is 11.5 Å². The summed E-state index contributed by atoms with van der Waals surface area (Å²) in [6, 6.07) is 15.8. The van der Waals surface area contributed by atoms with E-state index in [1.54, 1.807) is 24.3 Å². The fourth-order valence-corrected chi connectivity index (χ4v) is 3.51. The predicted octanol–water partition coefficient (Wildman–Crippen LogP) is 2.90. The lowest BCUT2D eigenvalue weighted by Gasteiger charge is -2.14. The average molecular weight is 397 g/mol. The molecule has 0 aromatic heterocycles. The monoisotopic (exact) mass is 397 g/mol. The summed E-state index contributed by atoms with van der Waals surface area (Å²) >= 11 is 0. The maximum absolute atomic E-state index is 12.5. The number of carboxylic acids is 1. The molecule has 1 saturated carbocycles. The highest BCUT2D eigenvalue weighted by atomic mass is 16.5. The third-order valence-electron chi connectivity index (χ3n) is 5.10. The van der Waals surface area contributed by atoms with Crippen LogP contribution < -0.4 is 10.1 Å². The van der Waals surface area contributed by atoms with Gasteiger partial charge in [-0.15, -0.1) is 0 Å². The summed E-state index contributed by atoms with van der Waals surface area (Å²) < 4.78 is 10.9. The molecule has 3 atom stereocenters. The summed E-state index contributed by atoms with van der Waals surface area (Å²) in [4.78, 5) is 36.2. The number of ketones is 1. The van der Waals surface area contributed by atoms with Crippen LogP contribution in [0, 0.1) is 11.8 Å². The van der Waals surface area contributed by atoms with E-state index in [4.69, 9.17) is 9.47 Å². The maximum Gasteiger partial charge on any atom is 0.307 e. The Morgan fingerprint density at radius 2 is 1.59 bits per heavy atom. The fourth-order valence-electron chi connectivity index (χ4n) is 3.51. The maximum atomic E-state index is 12.5. The number of benzene rings is 2. The predicted molar refractivity (Wildman–Crippen MR) is 105 cm³/mol. The molecule has 2 N–H and O–H groups in total. The molecule has 7 nitrogen and oxygen atoms in total. The molecule has 0 saturated heterocycles. The molecule has 1 aliphatic carbocycles. The van der Waals surface area contributed by atoms with E-state index < -0.39 is 23.7 Å². The summed E-state index contributed by atoms with van der Waals surface area (Å²) in [5.74, 6) is -1.87. The quantitative estimate of drug-likeness (QED) is 0.710. The molecule has 2 aromatic rings. The molecular formula is C22H23NO6. The third-order valence-corrected chi connectivity index (χ3v) is 5.10. The Morgan fingerprint density at radius 3 is 2.21 bits per heavy atom. The number of hydrogen-bond donors (Lipinski definition) is 2. The van der Waals surface area contributed by atoms with Crippen LogP contribution in [0.5, 0.6) is 11.5 Å². The number of nitrogens with one attached hydrogen (secondary N) is 1. The molecule has 152 valence electrons. The third kappa shape index (κ3) is 5.20. The van der Waals surface area contributed by atoms with E-state index in [1.807, 2.05) is 30.3 Å². The molecular weight excluding hydrogens is 374 g/mol. The van der Waals surface area contributed by atoms with Crippen molar-refractivity contribution in [1.29, 1.82) is 0 Å². The van der Waals surface area contributed by atoms with Gasteiger partial charge in [-0.1, -0.05) is 18.2 Å². The van der Waals surface area contributed by atoms with Crippen LogP contribution in [0.4, 0.5) is 0 Å². The molecule has 2 aromatic carbocycles. The van der Waals surface area contributed by atoms with Gasteiger partial charge in [0.05, 0.1) is 18.6 Å². The number of Topliss-reactive ketones (excluding diaryl/α,β-unsaturated/α-hetero) is 1. The first-order valence-corrected chi connectivity index (χ1v) is 9.37. The molecule has 1 amide bonds. The normalized spacial score (nSPS) is 20.8. The Bertz CT molecular complexity index is 865. The highest BCUT2D eigenvalue weighted by molar-refractivity contribution is 5.97. The molecule has 0 unspecified atom stereocenters. The number of carboxylic acid groups (broad SMARTS) is 1. The van der Waals surface area contributed by atoms with Gasteiger partial charge in [0, 0.05) is 18.6 Å². The zero-order valence-corrected chi connectivity index (χ0v) is 16.0. The molecule has 0 radical (unpaired) electrons. The lowest BCUT2D eigenvalue weighted by molar-refractivity contribution is -0.145.